The summed E-state index contributed by atoms with van der Waals surface area (Å²) in [6.45, 7) is 6.26. The first-order chi connectivity index (χ1) is 32.5. The third-order valence-corrected chi connectivity index (χ3v) is 11.1. The molecule has 0 saturated carbocycles. The molecular formula is C60H98O6. The summed E-state index contributed by atoms with van der Waals surface area (Å²) in [4.78, 5) is 38.1. The topological polar surface area (TPSA) is 78.9 Å². The van der Waals surface area contributed by atoms with Crippen LogP contribution in [0.2, 0.25) is 0 Å². The number of unbranched alkanes of at least 4 members (excludes halogenated alkanes) is 20. The third-order valence-electron chi connectivity index (χ3n) is 11.1. The summed E-state index contributed by atoms with van der Waals surface area (Å²) in [5.74, 6) is -0.930. The summed E-state index contributed by atoms with van der Waals surface area (Å²) < 4.78 is 16.8. The second kappa shape index (κ2) is 53.7. The Kier molecular flexibility index (Phi) is 50.5. The Labute approximate surface area is 406 Å². The van der Waals surface area contributed by atoms with E-state index in [1.165, 1.54) is 57.8 Å². The van der Waals surface area contributed by atoms with Gasteiger partial charge in [0.1, 0.15) is 13.2 Å². The number of carbonyl (C=O) groups excluding carboxylic acids is 3. The van der Waals surface area contributed by atoms with Gasteiger partial charge in [-0.2, -0.15) is 0 Å². The zero-order valence-electron chi connectivity index (χ0n) is 42.7. The van der Waals surface area contributed by atoms with Crippen molar-refractivity contribution in [3.05, 3.63) is 109 Å². The van der Waals surface area contributed by atoms with Crippen LogP contribution in [0.1, 0.15) is 233 Å². The minimum absolute atomic E-state index is 0.0938. The highest BCUT2D eigenvalue weighted by molar-refractivity contribution is 5.71. The largest absolute Gasteiger partial charge is 0.462 e. The first-order valence-corrected chi connectivity index (χ1v) is 26.9. The molecule has 0 aromatic heterocycles. The van der Waals surface area contributed by atoms with Gasteiger partial charge in [0.05, 0.1) is 0 Å². The van der Waals surface area contributed by atoms with E-state index in [1.807, 2.05) is 0 Å². The van der Waals surface area contributed by atoms with E-state index in [2.05, 4.69) is 130 Å². The Morgan fingerprint density at radius 2 is 0.621 bits per heavy atom. The van der Waals surface area contributed by atoms with Crippen molar-refractivity contribution < 1.29 is 28.6 Å². The Hall–Kier alpha value is -3.93. The molecule has 0 N–H and O–H groups in total. The van der Waals surface area contributed by atoms with Crippen LogP contribution in [0.5, 0.6) is 0 Å². The van der Waals surface area contributed by atoms with E-state index < -0.39 is 6.10 Å². The van der Waals surface area contributed by atoms with Crippen LogP contribution in [0, 0.1) is 0 Å². The van der Waals surface area contributed by atoms with Gasteiger partial charge < -0.3 is 14.2 Å². The molecule has 6 heteroatoms. The van der Waals surface area contributed by atoms with Gasteiger partial charge >= 0.3 is 17.9 Å². The first kappa shape index (κ1) is 62.1. The Morgan fingerprint density at radius 3 is 1.02 bits per heavy atom. The lowest BCUT2D eigenvalue weighted by Crippen LogP contribution is -2.30. The van der Waals surface area contributed by atoms with Gasteiger partial charge in [-0.15, -0.1) is 0 Å². The molecule has 6 nitrogen and oxygen atoms in total. The van der Waals surface area contributed by atoms with Crippen molar-refractivity contribution in [2.75, 3.05) is 13.2 Å². The van der Waals surface area contributed by atoms with E-state index >= 15 is 0 Å². The van der Waals surface area contributed by atoms with Gasteiger partial charge in [0, 0.05) is 19.3 Å². The van der Waals surface area contributed by atoms with E-state index in [-0.39, 0.29) is 31.1 Å². The van der Waals surface area contributed by atoms with Gasteiger partial charge in [0.25, 0.3) is 0 Å². The average Bonchev–Trinajstić information content (AvgIpc) is 3.31. The lowest BCUT2D eigenvalue weighted by molar-refractivity contribution is -0.167. The second-order valence-electron chi connectivity index (χ2n) is 17.4. The van der Waals surface area contributed by atoms with Crippen LogP contribution < -0.4 is 0 Å². The number of ether oxygens (including phenoxy) is 3. The summed E-state index contributed by atoms with van der Waals surface area (Å²) in [6.07, 6.45) is 72.1. The molecule has 0 aromatic rings. The van der Waals surface area contributed by atoms with Crippen LogP contribution in [-0.4, -0.2) is 37.2 Å². The number of hydrogen-bond acceptors (Lipinski definition) is 6. The Bertz CT molecular complexity index is 1370. The highest BCUT2D eigenvalue weighted by Crippen LogP contribution is 2.14. The van der Waals surface area contributed by atoms with E-state index in [9.17, 15) is 14.4 Å². The number of rotatable bonds is 47. The number of carbonyl (C=O) groups is 3. The lowest BCUT2D eigenvalue weighted by Gasteiger charge is -2.18. The standard InChI is InChI=1S/C60H98O6/c1-4-7-10-13-16-19-22-25-28-29-30-31-33-35-38-41-44-47-50-53-59(62)65-56-57(55-64-58(61)52-49-46-43-40-37-34-27-24-21-18-15-12-9-6-3)66-60(63)54-51-48-45-42-39-36-32-26-23-20-17-14-11-8-5-2/h7-12,14,16-21,23,25,28,30-31,57H,4-6,13,15,22,24,26-27,29,32-56H2,1-3H3/b10-7-,11-8-,12-9-,17-14-,19-16-,21-18-,23-20-,28-25-,31-30-. The fourth-order valence-electron chi connectivity index (χ4n) is 7.12. The molecule has 0 spiro atoms. The monoisotopic (exact) mass is 915 g/mol. The van der Waals surface area contributed by atoms with Crippen LogP contribution in [-0.2, 0) is 28.6 Å². The second-order valence-corrected chi connectivity index (χ2v) is 17.4. The molecule has 0 aliphatic carbocycles. The molecule has 0 amide bonds. The minimum Gasteiger partial charge on any atom is -0.462 e. The van der Waals surface area contributed by atoms with Gasteiger partial charge in [-0.1, -0.05) is 220 Å². The predicted molar refractivity (Wildman–Crippen MR) is 283 cm³/mol. The number of esters is 3. The lowest BCUT2D eigenvalue weighted by atomic mass is 10.1. The third kappa shape index (κ3) is 51.1. The van der Waals surface area contributed by atoms with Crippen molar-refractivity contribution >= 4 is 17.9 Å². The van der Waals surface area contributed by atoms with Crippen LogP contribution in [0.3, 0.4) is 0 Å². The normalized spacial score (nSPS) is 13.0. The molecule has 0 bridgehead atoms. The molecule has 0 heterocycles. The van der Waals surface area contributed by atoms with E-state index in [1.54, 1.807) is 0 Å². The van der Waals surface area contributed by atoms with Crippen molar-refractivity contribution in [3.8, 4) is 0 Å². The molecule has 374 valence electrons. The van der Waals surface area contributed by atoms with Crippen LogP contribution in [0.25, 0.3) is 0 Å². The van der Waals surface area contributed by atoms with E-state index in [4.69, 9.17) is 14.2 Å². The maximum absolute atomic E-state index is 12.8. The van der Waals surface area contributed by atoms with Crippen molar-refractivity contribution in [2.24, 2.45) is 0 Å². The van der Waals surface area contributed by atoms with Crippen LogP contribution in [0.4, 0.5) is 0 Å². The molecule has 0 aromatic carbocycles. The zero-order chi connectivity index (χ0) is 47.9. The smallest absolute Gasteiger partial charge is 0.306 e. The number of hydrogen-bond donors (Lipinski definition) is 0. The fraction of sp³-hybridized carbons (Fsp3) is 0.650. The van der Waals surface area contributed by atoms with Gasteiger partial charge in [-0.3, -0.25) is 14.4 Å². The number of allylic oxidation sites excluding steroid dienone is 18. The van der Waals surface area contributed by atoms with Crippen LogP contribution >= 0.6 is 0 Å². The highest BCUT2D eigenvalue weighted by Gasteiger charge is 2.19. The van der Waals surface area contributed by atoms with Gasteiger partial charge in [0.15, 0.2) is 6.10 Å². The molecule has 1 unspecified atom stereocenters. The van der Waals surface area contributed by atoms with Crippen molar-refractivity contribution in [3.63, 3.8) is 0 Å². The molecule has 0 fully saturated rings. The molecule has 0 aliphatic rings. The molecule has 66 heavy (non-hydrogen) atoms. The van der Waals surface area contributed by atoms with Gasteiger partial charge in [0.2, 0.25) is 0 Å². The highest BCUT2D eigenvalue weighted by atomic mass is 16.6. The van der Waals surface area contributed by atoms with Gasteiger partial charge in [-0.25, -0.2) is 0 Å². The van der Waals surface area contributed by atoms with Crippen molar-refractivity contribution in [2.45, 2.75) is 239 Å². The average molecular weight is 915 g/mol. The van der Waals surface area contributed by atoms with Gasteiger partial charge in [-0.05, 0) is 103 Å². The molecule has 0 radical (unpaired) electrons. The molecule has 0 aliphatic heterocycles. The first-order valence-electron chi connectivity index (χ1n) is 26.9. The van der Waals surface area contributed by atoms with Crippen LogP contribution in [0.15, 0.2) is 109 Å². The zero-order valence-corrected chi connectivity index (χ0v) is 42.7. The quantitative estimate of drug-likeness (QED) is 0.0199. The Balaban J connectivity index is 4.44. The summed E-state index contributed by atoms with van der Waals surface area (Å²) in [5.41, 5.74) is 0. The van der Waals surface area contributed by atoms with Crippen molar-refractivity contribution in [1.29, 1.82) is 0 Å². The van der Waals surface area contributed by atoms with Crippen molar-refractivity contribution in [1.82, 2.24) is 0 Å². The van der Waals surface area contributed by atoms with E-state index in [0.717, 1.165) is 135 Å². The molecule has 1 atom stereocenters. The molecule has 0 rings (SSSR count). The Morgan fingerprint density at radius 1 is 0.318 bits per heavy atom. The fourth-order valence-corrected chi connectivity index (χ4v) is 7.12. The minimum atomic E-state index is -0.796. The molecule has 0 saturated heterocycles. The maximum atomic E-state index is 12.8. The predicted octanol–water partition coefficient (Wildman–Crippen LogP) is 17.9. The molecular weight excluding hydrogens is 817 g/mol. The summed E-state index contributed by atoms with van der Waals surface area (Å²) >= 11 is 0. The SMILES string of the molecule is CC\C=C/C=C\C=C/CCCCCCCCCC(=O)OC(COC(=O)CCCCCCCC/C=C\C/C=C\C/C=C\C/C=C\CC)COC(=O)CCCCCCCCC/C=C\C/C=C\CC. The summed E-state index contributed by atoms with van der Waals surface area (Å²) in [5, 5.41) is 0. The summed E-state index contributed by atoms with van der Waals surface area (Å²) in [7, 11) is 0. The summed E-state index contributed by atoms with van der Waals surface area (Å²) in [6, 6.07) is 0. The van der Waals surface area contributed by atoms with E-state index in [0.29, 0.717) is 19.3 Å². The maximum Gasteiger partial charge on any atom is 0.306 e.